The lowest BCUT2D eigenvalue weighted by Gasteiger charge is -2.62. The molecule has 6 rings (SSSR count). The minimum atomic E-state index is -0.873. The van der Waals surface area contributed by atoms with Gasteiger partial charge in [0.1, 0.15) is 0 Å². The van der Waals surface area contributed by atoms with Crippen molar-refractivity contribution in [1.82, 2.24) is 4.90 Å². The first kappa shape index (κ1) is 22.3. The highest BCUT2D eigenvalue weighted by Crippen LogP contribution is 2.61. The lowest BCUT2D eigenvalue weighted by Crippen LogP contribution is -2.58. The number of nitrogens with one attached hydrogen (secondary N) is 1. The second-order valence-corrected chi connectivity index (χ2v) is 11.0. The zero-order valence-electron chi connectivity index (χ0n) is 20.1. The number of piperazine rings is 1. The minimum Gasteiger partial charge on any atom is -0.478 e. The molecule has 0 unspecified atom stereocenters. The third-order valence-corrected chi connectivity index (χ3v) is 8.96. The van der Waals surface area contributed by atoms with Gasteiger partial charge in [-0.3, -0.25) is 4.90 Å². The molecule has 3 saturated carbocycles. The highest BCUT2D eigenvalue weighted by Gasteiger charge is 2.56. The molecule has 0 radical (unpaired) electrons. The molecule has 2 aromatic carbocycles. The van der Waals surface area contributed by atoms with Crippen LogP contribution in [-0.4, -0.2) is 48.2 Å². The molecule has 3 aliphatic carbocycles. The Morgan fingerprint density at radius 3 is 2.36 bits per heavy atom. The fraction of sp³-hybridized carbons (Fsp3) is 0.536. The number of rotatable bonds is 6. The molecule has 2 aromatic rings. The molecule has 4 aliphatic rings. The van der Waals surface area contributed by atoms with E-state index < -0.39 is 5.97 Å². The second kappa shape index (κ2) is 8.68. The van der Waals surface area contributed by atoms with E-state index in [4.69, 9.17) is 5.11 Å². The van der Waals surface area contributed by atoms with Crippen LogP contribution in [0.4, 0.5) is 11.4 Å². The average molecular weight is 448 g/mol. The van der Waals surface area contributed by atoms with Crippen LogP contribution >= 0.6 is 0 Å². The van der Waals surface area contributed by atoms with Crippen molar-refractivity contribution in [3.8, 4) is 0 Å². The number of aromatic carboxylic acids is 1. The summed E-state index contributed by atoms with van der Waals surface area (Å²) in [6, 6.07) is 16.7. The highest BCUT2D eigenvalue weighted by molar-refractivity contribution is 5.88. The van der Waals surface area contributed by atoms with Crippen molar-refractivity contribution < 1.29 is 9.90 Å². The first-order valence-corrected chi connectivity index (χ1v) is 12.5. The van der Waals surface area contributed by atoms with E-state index in [1.54, 1.807) is 12.1 Å². The maximum atomic E-state index is 11.1. The summed E-state index contributed by atoms with van der Waals surface area (Å²) in [6.07, 6.45) is 2.70. The molecule has 1 saturated heterocycles. The van der Waals surface area contributed by atoms with Crippen molar-refractivity contribution in [1.29, 1.82) is 0 Å². The van der Waals surface area contributed by atoms with E-state index in [0.29, 0.717) is 22.9 Å². The molecular formula is C28H37N3O2. The van der Waals surface area contributed by atoms with Crippen molar-refractivity contribution in [2.75, 3.05) is 36.4 Å². The van der Waals surface area contributed by atoms with Crippen LogP contribution in [0.25, 0.3) is 0 Å². The summed E-state index contributed by atoms with van der Waals surface area (Å²) in [6.45, 7) is 12.3. The van der Waals surface area contributed by atoms with Crippen LogP contribution < -0.4 is 10.2 Å². The average Bonchev–Trinajstić information content (AvgIpc) is 2.81. The van der Waals surface area contributed by atoms with Crippen molar-refractivity contribution in [3.05, 3.63) is 59.7 Å². The molecule has 2 N–H and O–H groups in total. The smallest absolute Gasteiger partial charge is 0.335 e. The number of carboxylic acids is 1. The fourth-order valence-corrected chi connectivity index (χ4v) is 6.56. The maximum Gasteiger partial charge on any atom is 0.335 e. The van der Waals surface area contributed by atoms with Crippen LogP contribution in [-0.2, 0) is 6.54 Å². The monoisotopic (exact) mass is 447 g/mol. The summed E-state index contributed by atoms with van der Waals surface area (Å²) in [5.74, 6) is 1.55. The molecule has 2 bridgehead atoms. The van der Waals surface area contributed by atoms with Crippen molar-refractivity contribution in [2.24, 2.45) is 23.2 Å². The van der Waals surface area contributed by atoms with E-state index in [2.05, 4.69) is 60.2 Å². The van der Waals surface area contributed by atoms with Crippen LogP contribution in [0.15, 0.2) is 48.5 Å². The summed E-state index contributed by atoms with van der Waals surface area (Å²) in [7, 11) is 0. The van der Waals surface area contributed by atoms with Gasteiger partial charge in [-0.1, -0.05) is 39.0 Å². The van der Waals surface area contributed by atoms with Gasteiger partial charge in [0.25, 0.3) is 0 Å². The quantitative estimate of drug-likeness (QED) is 0.638. The van der Waals surface area contributed by atoms with Gasteiger partial charge in [-0.25, -0.2) is 4.79 Å². The van der Waals surface area contributed by atoms with Crippen LogP contribution in [0.1, 0.15) is 49.5 Å². The second-order valence-electron chi connectivity index (χ2n) is 11.0. The van der Waals surface area contributed by atoms with Crippen LogP contribution in [0, 0.1) is 23.2 Å². The standard InChI is InChI=1S/C28H37N3O2/c1-19-24-16-22(28(24,2)3)17-26(19)29-25-7-5-4-6-21(25)18-30-12-14-31(15-13-30)23-10-8-20(9-11-23)27(32)33/h4-11,19,22,24,26,29H,12-18H2,1-3H3,(H,32,33)/t19-,22-,24+,26-/m0/s1. The normalized spacial score (nSPS) is 28.8. The number of carbonyl (C=O) groups is 1. The molecule has 4 atom stereocenters. The zero-order chi connectivity index (χ0) is 23.2. The Bertz CT molecular complexity index is 994. The first-order chi connectivity index (χ1) is 15.8. The van der Waals surface area contributed by atoms with Gasteiger partial charge in [0.05, 0.1) is 5.56 Å². The predicted molar refractivity (Wildman–Crippen MR) is 134 cm³/mol. The highest BCUT2D eigenvalue weighted by atomic mass is 16.4. The molecule has 33 heavy (non-hydrogen) atoms. The SMILES string of the molecule is C[C@@H]1[C@@H](Nc2ccccc2CN2CCN(c3ccc(C(=O)O)cc3)CC2)C[C@@H]2C[C@H]1C2(C)C. The third-order valence-electron chi connectivity index (χ3n) is 8.96. The molecule has 1 aliphatic heterocycles. The molecular weight excluding hydrogens is 410 g/mol. The van der Waals surface area contributed by atoms with E-state index >= 15 is 0 Å². The Labute approximate surface area is 197 Å². The largest absolute Gasteiger partial charge is 0.478 e. The first-order valence-electron chi connectivity index (χ1n) is 12.5. The molecule has 5 nitrogen and oxygen atoms in total. The number of anilines is 2. The molecule has 176 valence electrons. The Morgan fingerprint density at radius 1 is 1.03 bits per heavy atom. The van der Waals surface area contributed by atoms with Crippen LogP contribution in [0.2, 0.25) is 0 Å². The molecule has 0 aromatic heterocycles. The van der Waals surface area contributed by atoms with Crippen LogP contribution in [0.5, 0.6) is 0 Å². The Morgan fingerprint density at radius 2 is 1.73 bits per heavy atom. The van der Waals surface area contributed by atoms with Crippen molar-refractivity contribution >= 4 is 17.3 Å². The third kappa shape index (κ3) is 4.23. The Hall–Kier alpha value is -2.53. The van der Waals surface area contributed by atoms with E-state index in [-0.39, 0.29) is 0 Å². The summed E-state index contributed by atoms with van der Waals surface area (Å²) in [5.41, 5.74) is 4.66. The zero-order valence-corrected chi connectivity index (χ0v) is 20.1. The summed E-state index contributed by atoms with van der Waals surface area (Å²) >= 11 is 0. The fourth-order valence-electron chi connectivity index (χ4n) is 6.56. The summed E-state index contributed by atoms with van der Waals surface area (Å²) in [5, 5.41) is 13.1. The van der Waals surface area contributed by atoms with E-state index in [1.807, 2.05) is 12.1 Å². The molecule has 0 amide bonds. The lowest BCUT2D eigenvalue weighted by molar-refractivity contribution is -0.105. The van der Waals surface area contributed by atoms with Crippen molar-refractivity contribution in [2.45, 2.75) is 46.2 Å². The number of para-hydroxylation sites is 1. The number of benzene rings is 2. The Kier molecular flexibility index (Phi) is 5.86. The maximum absolute atomic E-state index is 11.1. The van der Waals surface area contributed by atoms with Gasteiger partial charge in [-0.2, -0.15) is 0 Å². The summed E-state index contributed by atoms with van der Waals surface area (Å²) in [4.78, 5) is 16.0. The van der Waals surface area contributed by atoms with Crippen LogP contribution in [0.3, 0.4) is 0 Å². The van der Waals surface area contributed by atoms with Crippen molar-refractivity contribution in [3.63, 3.8) is 0 Å². The molecule has 5 heteroatoms. The van der Waals surface area contributed by atoms with E-state index in [1.165, 1.54) is 24.1 Å². The van der Waals surface area contributed by atoms with E-state index in [0.717, 1.165) is 50.2 Å². The molecule has 0 spiro atoms. The number of carboxylic acid groups (broad SMARTS) is 1. The number of fused-ring (bicyclic) bond motifs is 2. The molecule has 4 fully saturated rings. The van der Waals surface area contributed by atoms with Gasteiger partial charge in [-0.05, 0) is 71.9 Å². The Balaban J connectivity index is 1.19. The van der Waals surface area contributed by atoms with Gasteiger partial charge in [0, 0.05) is 50.1 Å². The van der Waals surface area contributed by atoms with E-state index in [9.17, 15) is 4.79 Å². The number of nitrogens with zero attached hydrogens (tertiary/aromatic N) is 2. The van der Waals surface area contributed by atoms with Gasteiger partial charge >= 0.3 is 5.97 Å². The number of hydrogen-bond donors (Lipinski definition) is 2. The number of hydrogen-bond acceptors (Lipinski definition) is 4. The topological polar surface area (TPSA) is 55.8 Å². The minimum absolute atomic E-state index is 0.342. The van der Waals surface area contributed by atoms with Gasteiger partial charge < -0.3 is 15.3 Å². The van der Waals surface area contributed by atoms with Gasteiger partial charge in [0.2, 0.25) is 0 Å². The predicted octanol–water partition coefficient (Wildman–Crippen LogP) is 5.19. The van der Waals surface area contributed by atoms with Gasteiger partial charge in [-0.15, -0.1) is 0 Å². The molecule has 1 heterocycles. The summed E-state index contributed by atoms with van der Waals surface area (Å²) < 4.78 is 0. The van der Waals surface area contributed by atoms with Gasteiger partial charge in [0.15, 0.2) is 0 Å². The lowest BCUT2D eigenvalue weighted by atomic mass is 9.45.